The molecule has 174 valence electrons. The third-order valence-corrected chi connectivity index (χ3v) is 6.68. The highest BCUT2D eigenvalue weighted by atomic mass is 35.5. The summed E-state index contributed by atoms with van der Waals surface area (Å²) in [5, 5.41) is 3.62. The van der Waals surface area contributed by atoms with Gasteiger partial charge < -0.3 is 10.1 Å². The second kappa shape index (κ2) is 10.7. The number of nitrogens with one attached hydrogen (secondary N) is 1. The highest BCUT2D eigenvalue weighted by Gasteiger charge is 2.19. The van der Waals surface area contributed by atoms with Crippen LogP contribution in [0.2, 0.25) is 5.02 Å². The number of ether oxygens (including phenoxy) is 1. The second-order valence-corrected chi connectivity index (χ2v) is 9.99. The van der Waals surface area contributed by atoms with Gasteiger partial charge in [0.2, 0.25) is 10.0 Å². The van der Waals surface area contributed by atoms with E-state index in [4.69, 9.17) is 16.3 Å². The predicted molar refractivity (Wildman–Crippen MR) is 132 cm³/mol. The van der Waals surface area contributed by atoms with Crippen LogP contribution in [-0.2, 0) is 16.6 Å². The monoisotopic (exact) mass is 486 g/mol. The van der Waals surface area contributed by atoms with Crippen LogP contribution in [0.3, 0.4) is 0 Å². The highest BCUT2D eigenvalue weighted by molar-refractivity contribution is 7.92. The molecule has 0 saturated carbocycles. The lowest BCUT2D eigenvalue weighted by atomic mass is 10.0. The van der Waals surface area contributed by atoms with Crippen molar-refractivity contribution in [3.63, 3.8) is 0 Å². The van der Waals surface area contributed by atoms with Gasteiger partial charge in [-0.25, -0.2) is 8.42 Å². The maximum atomic E-state index is 12.8. The van der Waals surface area contributed by atoms with E-state index in [0.717, 1.165) is 29.6 Å². The number of hydrogen-bond acceptors (Lipinski definition) is 4. The van der Waals surface area contributed by atoms with Gasteiger partial charge >= 0.3 is 0 Å². The van der Waals surface area contributed by atoms with Crippen molar-refractivity contribution in [2.24, 2.45) is 0 Å². The van der Waals surface area contributed by atoms with Gasteiger partial charge in [-0.1, -0.05) is 42.8 Å². The molecule has 6 nitrogen and oxygen atoms in total. The molecule has 0 aliphatic carbocycles. The normalized spacial score (nSPS) is 12.1. The van der Waals surface area contributed by atoms with Gasteiger partial charge in [-0.2, -0.15) is 0 Å². The molecular weight excluding hydrogens is 460 g/mol. The fourth-order valence-electron chi connectivity index (χ4n) is 3.43. The van der Waals surface area contributed by atoms with E-state index in [0.29, 0.717) is 16.3 Å². The number of anilines is 1. The Labute approximate surface area is 200 Å². The average molecular weight is 487 g/mol. The third kappa shape index (κ3) is 6.49. The van der Waals surface area contributed by atoms with Crippen LogP contribution in [0.5, 0.6) is 5.75 Å². The first kappa shape index (κ1) is 24.6. The molecule has 0 aliphatic heterocycles. The Morgan fingerprint density at radius 2 is 1.61 bits per heavy atom. The van der Waals surface area contributed by atoms with Crippen LogP contribution in [0.25, 0.3) is 0 Å². The minimum absolute atomic E-state index is 0.152. The van der Waals surface area contributed by atoms with E-state index in [1.54, 1.807) is 55.6 Å². The van der Waals surface area contributed by atoms with E-state index >= 15 is 0 Å². The first-order valence-corrected chi connectivity index (χ1v) is 12.7. The summed E-state index contributed by atoms with van der Waals surface area (Å²) in [5.41, 5.74) is 2.71. The summed E-state index contributed by atoms with van der Waals surface area (Å²) in [6, 6.07) is 21.0. The Hall–Kier alpha value is -3.03. The lowest BCUT2D eigenvalue weighted by Gasteiger charge is -2.23. The maximum absolute atomic E-state index is 12.8. The van der Waals surface area contributed by atoms with Gasteiger partial charge in [-0.15, -0.1) is 0 Å². The first-order chi connectivity index (χ1) is 15.7. The summed E-state index contributed by atoms with van der Waals surface area (Å²) >= 11 is 5.93. The molecule has 0 aromatic heterocycles. The average Bonchev–Trinajstić information content (AvgIpc) is 2.81. The number of amides is 1. The van der Waals surface area contributed by atoms with E-state index in [1.807, 2.05) is 31.2 Å². The molecule has 0 spiro atoms. The number of benzene rings is 3. The lowest BCUT2D eigenvalue weighted by molar-refractivity contribution is 0.0935. The minimum atomic E-state index is -3.53. The van der Waals surface area contributed by atoms with Gasteiger partial charge in [-0.05, 0) is 66.1 Å². The number of rotatable bonds is 9. The quantitative estimate of drug-likeness (QED) is 0.451. The summed E-state index contributed by atoms with van der Waals surface area (Å²) in [7, 11) is -1.93. The van der Waals surface area contributed by atoms with Gasteiger partial charge in [0.15, 0.2) is 0 Å². The number of carbonyl (C=O) groups excluding carboxylic acids is 1. The Bertz CT molecular complexity index is 1180. The topological polar surface area (TPSA) is 75.7 Å². The predicted octanol–water partition coefficient (Wildman–Crippen LogP) is 5.20. The van der Waals surface area contributed by atoms with Gasteiger partial charge in [0.05, 0.1) is 31.6 Å². The molecule has 3 aromatic carbocycles. The molecule has 0 radical (unpaired) electrons. The van der Waals surface area contributed by atoms with E-state index in [1.165, 1.54) is 4.31 Å². The number of methoxy groups -OCH3 is 1. The Morgan fingerprint density at radius 1 is 1.00 bits per heavy atom. The molecule has 0 unspecified atom stereocenters. The largest absolute Gasteiger partial charge is 0.497 e. The van der Waals surface area contributed by atoms with Crippen molar-refractivity contribution in [2.45, 2.75) is 25.9 Å². The van der Waals surface area contributed by atoms with Crippen LogP contribution in [0, 0.1) is 0 Å². The summed E-state index contributed by atoms with van der Waals surface area (Å²) in [4.78, 5) is 12.8. The summed E-state index contributed by atoms with van der Waals surface area (Å²) in [6.45, 7) is 2.16. The molecule has 3 aromatic rings. The van der Waals surface area contributed by atoms with Crippen LogP contribution in [0.4, 0.5) is 5.69 Å². The summed E-state index contributed by atoms with van der Waals surface area (Å²) < 4.78 is 31.3. The number of nitrogens with zero attached hydrogens (tertiary/aromatic N) is 1. The zero-order chi connectivity index (χ0) is 24.0. The summed E-state index contributed by atoms with van der Waals surface area (Å²) in [6.07, 6.45) is 1.88. The first-order valence-electron chi connectivity index (χ1n) is 10.5. The van der Waals surface area contributed by atoms with Crippen LogP contribution < -0.4 is 14.4 Å². The zero-order valence-electron chi connectivity index (χ0n) is 18.8. The number of carbonyl (C=O) groups is 1. The van der Waals surface area contributed by atoms with E-state index in [-0.39, 0.29) is 18.5 Å². The van der Waals surface area contributed by atoms with Gasteiger partial charge in [0, 0.05) is 10.6 Å². The fourth-order valence-corrected chi connectivity index (χ4v) is 4.45. The maximum Gasteiger partial charge on any atom is 0.251 e. The van der Waals surface area contributed by atoms with Crippen molar-refractivity contribution in [3.05, 3.63) is 94.5 Å². The highest BCUT2D eigenvalue weighted by Crippen LogP contribution is 2.24. The Morgan fingerprint density at radius 3 is 2.12 bits per heavy atom. The van der Waals surface area contributed by atoms with Crippen LogP contribution >= 0.6 is 11.6 Å². The summed E-state index contributed by atoms with van der Waals surface area (Å²) in [5.74, 6) is 0.525. The molecular formula is C25H27ClN2O4S. The molecule has 33 heavy (non-hydrogen) atoms. The smallest absolute Gasteiger partial charge is 0.251 e. The number of halogens is 1. The number of sulfonamides is 1. The molecule has 0 saturated heterocycles. The standard InChI is InChI=1S/C25H27ClN2O4S/c1-4-24(19-9-15-23(32-2)16-10-19)27-25(29)20-7-13-22(14-8-20)28(33(3,30)31)17-18-5-11-21(26)12-6-18/h5-16,24H,4,17H2,1-3H3,(H,27,29)/t24-/m1/s1. The fraction of sp³-hybridized carbons (Fsp3) is 0.240. The number of hydrogen-bond donors (Lipinski definition) is 1. The van der Waals surface area contributed by atoms with Crippen molar-refractivity contribution >= 4 is 33.2 Å². The second-order valence-electron chi connectivity index (χ2n) is 7.65. The van der Waals surface area contributed by atoms with Crippen LogP contribution in [-0.4, -0.2) is 27.7 Å². The van der Waals surface area contributed by atoms with E-state index in [2.05, 4.69) is 5.32 Å². The van der Waals surface area contributed by atoms with Crippen molar-refractivity contribution < 1.29 is 17.9 Å². The molecule has 1 amide bonds. The Balaban J connectivity index is 1.76. The van der Waals surface area contributed by atoms with Gasteiger partial charge in [0.1, 0.15) is 5.75 Å². The SMILES string of the molecule is CC[C@@H](NC(=O)c1ccc(N(Cc2ccc(Cl)cc2)S(C)(=O)=O)cc1)c1ccc(OC)cc1. The van der Waals surface area contributed by atoms with Crippen LogP contribution in [0.15, 0.2) is 72.8 Å². The third-order valence-electron chi connectivity index (χ3n) is 5.29. The molecule has 1 N–H and O–H groups in total. The zero-order valence-corrected chi connectivity index (χ0v) is 20.4. The van der Waals surface area contributed by atoms with E-state index < -0.39 is 10.0 Å². The molecule has 3 rings (SSSR count). The van der Waals surface area contributed by atoms with Crippen molar-refractivity contribution in [1.29, 1.82) is 0 Å². The molecule has 8 heteroatoms. The van der Waals surface area contributed by atoms with Crippen molar-refractivity contribution in [1.82, 2.24) is 5.32 Å². The molecule has 0 fully saturated rings. The van der Waals surface area contributed by atoms with Crippen molar-refractivity contribution in [3.8, 4) is 5.75 Å². The molecule has 0 aliphatic rings. The molecule has 1 atom stereocenters. The van der Waals surface area contributed by atoms with Crippen molar-refractivity contribution in [2.75, 3.05) is 17.7 Å². The van der Waals surface area contributed by atoms with E-state index in [9.17, 15) is 13.2 Å². The molecule has 0 bridgehead atoms. The van der Waals surface area contributed by atoms with Gasteiger partial charge in [-0.3, -0.25) is 9.10 Å². The lowest BCUT2D eigenvalue weighted by Crippen LogP contribution is -2.30. The minimum Gasteiger partial charge on any atom is -0.497 e. The Kier molecular flexibility index (Phi) is 8.00. The molecule has 0 heterocycles. The van der Waals surface area contributed by atoms with Crippen LogP contribution in [0.1, 0.15) is 40.9 Å². The van der Waals surface area contributed by atoms with Gasteiger partial charge in [0.25, 0.3) is 5.91 Å².